The molecule has 10 heteroatoms. The number of likely N-dealkylation sites (tertiary alicyclic amines) is 1. The second kappa shape index (κ2) is 8.03. The van der Waals surface area contributed by atoms with Gasteiger partial charge in [-0.25, -0.2) is 4.79 Å². The van der Waals surface area contributed by atoms with Crippen molar-refractivity contribution in [1.29, 1.82) is 0 Å². The summed E-state index contributed by atoms with van der Waals surface area (Å²) in [5, 5.41) is 11.6. The van der Waals surface area contributed by atoms with E-state index < -0.39 is 12.0 Å². The van der Waals surface area contributed by atoms with Crippen molar-refractivity contribution in [1.82, 2.24) is 9.80 Å². The van der Waals surface area contributed by atoms with E-state index in [0.717, 1.165) is 25.9 Å². The third-order valence-electron chi connectivity index (χ3n) is 4.70. The van der Waals surface area contributed by atoms with Crippen LogP contribution in [0.4, 0.5) is 0 Å². The number of carboxylic acids is 1. The minimum atomic E-state index is -1.10. The van der Waals surface area contributed by atoms with Crippen molar-refractivity contribution in [3.8, 4) is 0 Å². The van der Waals surface area contributed by atoms with E-state index in [9.17, 15) is 19.5 Å². The molecule has 2 saturated heterocycles. The number of thioether (sulfide) groups is 2. The van der Waals surface area contributed by atoms with Gasteiger partial charge in [-0.3, -0.25) is 19.4 Å². The fraction of sp³-hybridized carbons (Fsp3) is 0.562. The first kappa shape index (κ1) is 19.3. The van der Waals surface area contributed by atoms with Crippen molar-refractivity contribution in [2.24, 2.45) is 11.5 Å². The standard InChI is InChI=1S/C16H22N4O4S2/c17-11(21)7-19-4-1-10(2-5-19)25-6-3-9-8-26-15-12(18)14(22)20(15)13(9)16(23)24/h3,6,10,12,15H,1-2,4-5,7-8,18H2,(H2,17,21)(H,23,24)/b6-3+/t12-,15-/m1/s1. The van der Waals surface area contributed by atoms with Gasteiger partial charge >= 0.3 is 5.97 Å². The predicted octanol–water partition coefficient (Wildman–Crippen LogP) is -0.236. The molecule has 0 aromatic rings. The van der Waals surface area contributed by atoms with Gasteiger partial charge in [0.05, 0.1) is 6.54 Å². The summed E-state index contributed by atoms with van der Waals surface area (Å²) in [6.07, 6.45) is 3.69. The first-order chi connectivity index (χ1) is 12.4. The number of aliphatic carboxylic acids is 1. The Bertz CT molecular complexity index is 673. The molecule has 0 bridgehead atoms. The van der Waals surface area contributed by atoms with Crippen LogP contribution in [0.15, 0.2) is 22.8 Å². The van der Waals surface area contributed by atoms with E-state index in [4.69, 9.17) is 11.5 Å². The zero-order chi connectivity index (χ0) is 18.8. The highest BCUT2D eigenvalue weighted by Gasteiger charge is 2.51. The number of β-lactam (4-membered cyclic amide) rings is 1. The van der Waals surface area contributed by atoms with Crippen molar-refractivity contribution in [3.05, 3.63) is 22.8 Å². The number of rotatable bonds is 6. The molecule has 0 aromatic heterocycles. The van der Waals surface area contributed by atoms with Crippen LogP contribution in [-0.2, 0) is 14.4 Å². The molecule has 2 atom stereocenters. The molecule has 0 saturated carbocycles. The summed E-state index contributed by atoms with van der Waals surface area (Å²) in [5.74, 6) is -1.21. The minimum absolute atomic E-state index is 0.0496. The molecule has 26 heavy (non-hydrogen) atoms. The van der Waals surface area contributed by atoms with Crippen LogP contribution in [0, 0.1) is 0 Å². The molecular formula is C16H22N4O4S2. The lowest BCUT2D eigenvalue weighted by molar-refractivity contribution is -0.147. The van der Waals surface area contributed by atoms with Gasteiger partial charge in [0.25, 0.3) is 0 Å². The molecule has 3 heterocycles. The number of carboxylic acid groups (broad SMARTS) is 1. The lowest BCUT2D eigenvalue weighted by Gasteiger charge is -2.47. The van der Waals surface area contributed by atoms with E-state index in [2.05, 4.69) is 0 Å². The number of fused-ring (bicyclic) bond motifs is 1. The van der Waals surface area contributed by atoms with E-state index >= 15 is 0 Å². The third kappa shape index (κ3) is 3.93. The molecular weight excluding hydrogens is 376 g/mol. The first-order valence-electron chi connectivity index (χ1n) is 8.38. The molecule has 3 aliphatic heterocycles. The van der Waals surface area contributed by atoms with E-state index in [1.165, 1.54) is 16.7 Å². The van der Waals surface area contributed by atoms with E-state index in [0.29, 0.717) is 23.1 Å². The highest BCUT2D eigenvalue weighted by atomic mass is 32.2. The van der Waals surface area contributed by atoms with Gasteiger partial charge in [-0.05, 0) is 43.0 Å². The van der Waals surface area contributed by atoms with Crippen LogP contribution in [0.2, 0.25) is 0 Å². The monoisotopic (exact) mass is 398 g/mol. The number of carbonyl (C=O) groups is 3. The summed E-state index contributed by atoms with van der Waals surface area (Å²) in [7, 11) is 0. The molecule has 0 unspecified atom stereocenters. The Balaban J connectivity index is 1.58. The van der Waals surface area contributed by atoms with Gasteiger partial charge in [0.1, 0.15) is 17.1 Å². The first-order valence-corrected chi connectivity index (χ1v) is 10.4. The average molecular weight is 399 g/mol. The highest BCUT2D eigenvalue weighted by Crippen LogP contribution is 2.40. The van der Waals surface area contributed by atoms with Gasteiger partial charge in [0.2, 0.25) is 11.8 Å². The lowest BCUT2D eigenvalue weighted by Crippen LogP contribution is -2.68. The maximum atomic E-state index is 11.9. The summed E-state index contributed by atoms with van der Waals surface area (Å²) >= 11 is 3.15. The number of amides is 2. The average Bonchev–Trinajstić information content (AvgIpc) is 2.61. The normalized spacial score (nSPS) is 27.6. The van der Waals surface area contributed by atoms with Crippen molar-refractivity contribution in [2.75, 3.05) is 25.4 Å². The Kier molecular flexibility index (Phi) is 5.96. The second-order valence-electron chi connectivity index (χ2n) is 6.50. The minimum Gasteiger partial charge on any atom is -0.477 e. The van der Waals surface area contributed by atoms with Gasteiger partial charge < -0.3 is 16.6 Å². The fourth-order valence-corrected chi connectivity index (χ4v) is 5.54. The van der Waals surface area contributed by atoms with Crippen LogP contribution < -0.4 is 11.5 Å². The van der Waals surface area contributed by atoms with Gasteiger partial charge in [-0.15, -0.1) is 23.5 Å². The molecule has 142 valence electrons. The van der Waals surface area contributed by atoms with E-state index in [-0.39, 0.29) is 22.9 Å². The van der Waals surface area contributed by atoms with Gasteiger partial charge in [-0.1, -0.05) is 0 Å². The van der Waals surface area contributed by atoms with Crippen molar-refractivity contribution >= 4 is 41.3 Å². The number of piperidine rings is 1. The Morgan fingerprint density at radius 1 is 1.35 bits per heavy atom. The van der Waals surface area contributed by atoms with Gasteiger partial charge in [0.15, 0.2) is 0 Å². The Morgan fingerprint density at radius 3 is 2.65 bits per heavy atom. The number of allylic oxidation sites excluding steroid dienone is 1. The molecule has 2 amide bonds. The zero-order valence-electron chi connectivity index (χ0n) is 14.2. The quantitative estimate of drug-likeness (QED) is 0.523. The highest BCUT2D eigenvalue weighted by molar-refractivity contribution is 8.02. The molecule has 0 radical (unpaired) electrons. The zero-order valence-corrected chi connectivity index (χ0v) is 15.8. The molecule has 0 spiro atoms. The van der Waals surface area contributed by atoms with Crippen LogP contribution in [-0.4, -0.2) is 74.7 Å². The largest absolute Gasteiger partial charge is 0.477 e. The van der Waals surface area contributed by atoms with Gasteiger partial charge in [0, 0.05) is 11.0 Å². The van der Waals surface area contributed by atoms with Crippen molar-refractivity contribution in [3.63, 3.8) is 0 Å². The summed E-state index contributed by atoms with van der Waals surface area (Å²) in [5.41, 5.74) is 11.6. The van der Waals surface area contributed by atoms with Crippen LogP contribution in [0.5, 0.6) is 0 Å². The number of nitrogens with two attached hydrogens (primary N) is 2. The maximum absolute atomic E-state index is 11.9. The Hall–Kier alpha value is -1.49. The number of carbonyl (C=O) groups excluding carboxylic acids is 2. The predicted molar refractivity (Wildman–Crippen MR) is 101 cm³/mol. The summed E-state index contributed by atoms with van der Waals surface area (Å²) in [6, 6.07) is -0.611. The van der Waals surface area contributed by atoms with Crippen LogP contribution in [0.3, 0.4) is 0 Å². The third-order valence-corrected chi connectivity index (χ3v) is 7.17. The smallest absolute Gasteiger partial charge is 0.352 e. The fourth-order valence-electron chi connectivity index (χ4n) is 3.32. The molecule has 0 aromatic carbocycles. The molecule has 5 N–H and O–H groups in total. The van der Waals surface area contributed by atoms with Crippen LogP contribution in [0.25, 0.3) is 0 Å². The van der Waals surface area contributed by atoms with E-state index in [1.54, 1.807) is 17.8 Å². The maximum Gasteiger partial charge on any atom is 0.352 e. The molecule has 3 aliphatic rings. The summed E-state index contributed by atoms with van der Waals surface area (Å²) in [6.45, 7) is 1.96. The van der Waals surface area contributed by atoms with E-state index in [1.807, 2.05) is 10.3 Å². The number of primary amides is 1. The SMILES string of the molecule is NC(=O)CN1CCC(S/C=C/C2=C(C(=O)O)N3C(=O)[C@@H](N)[C@H]3SC2)CC1. The molecule has 2 fully saturated rings. The Morgan fingerprint density at radius 2 is 2.04 bits per heavy atom. The topological polar surface area (TPSA) is 130 Å². The number of hydrogen-bond acceptors (Lipinski definition) is 7. The van der Waals surface area contributed by atoms with Crippen LogP contribution >= 0.6 is 23.5 Å². The van der Waals surface area contributed by atoms with Crippen LogP contribution in [0.1, 0.15) is 12.8 Å². The van der Waals surface area contributed by atoms with Crippen molar-refractivity contribution < 1.29 is 19.5 Å². The molecule has 8 nitrogen and oxygen atoms in total. The number of nitrogens with zero attached hydrogens (tertiary/aromatic N) is 2. The Labute approximate surface area is 160 Å². The lowest BCUT2D eigenvalue weighted by atomic mass is 10.0. The van der Waals surface area contributed by atoms with Crippen molar-refractivity contribution in [2.45, 2.75) is 29.5 Å². The van der Waals surface area contributed by atoms with Gasteiger partial charge in [-0.2, -0.15) is 0 Å². The summed E-state index contributed by atoms with van der Waals surface area (Å²) in [4.78, 5) is 37.8. The molecule has 3 rings (SSSR count). The summed E-state index contributed by atoms with van der Waals surface area (Å²) < 4.78 is 0. The molecule has 0 aliphatic carbocycles. The number of hydrogen-bond donors (Lipinski definition) is 3. The second-order valence-corrected chi connectivity index (χ2v) is 8.81.